The van der Waals surface area contributed by atoms with Gasteiger partial charge in [-0.1, -0.05) is 6.92 Å². The van der Waals surface area contributed by atoms with Crippen LogP contribution in [-0.4, -0.2) is 70.7 Å². The van der Waals surface area contributed by atoms with Gasteiger partial charge in [0, 0.05) is 58.2 Å². The Morgan fingerprint density at radius 2 is 1.80 bits per heavy atom. The lowest BCUT2D eigenvalue weighted by molar-refractivity contribution is 0.0248. The van der Waals surface area contributed by atoms with Crippen molar-refractivity contribution in [1.29, 1.82) is 0 Å². The summed E-state index contributed by atoms with van der Waals surface area (Å²) < 4.78 is 15.1. The third-order valence-corrected chi connectivity index (χ3v) is 6.44. The van der Waals surface area contributed by atoms with E-state index in [-0.39, 0.29) is 17.8 Å². The van der Waals surface area contributed by atoms with Gasteiger partial charge in [-0.25, -0.2) is 4.39 Å². The molecule has 1 N–H and O–H groups in total. The van der Waals surface area contributed by atoms with E-state index in [1.807, 2.05) is 41.8 Å². The Balaban J connectivity index is 1.56. The Labute approximate surface area is 177 Å². The predicted molar refractivity (Wildman–Crippen MR) is 115 cm³/mol. The van der Waals surface area contributed by atoms with Gasteiger partial charge in [0.1, 0.15) is 11.9 Å². The number of halogens is 1. The van der Waals surface area contributed by atoms with Gasteiger partial charge < -0.3 is 19.5 Å². The number of nitrogens with zero attached hydrogens (tertiary/aromatic N) is 4. The summed E-state index contributed by atoms with van der Waals surface area (Å²) in [5, 5.41) is 11.4. The Hall–Kier alpha value is -2.38. The van der Waals surface area contributed by atoms with Crippen molar-refractivity contribution in [3.8, 4) is 0 Å². The van der Waals surface area contributed by atoms with Gasteiger partial charge in [-0.2, -0.15) is 0 Å². The molecule has 0 saturated carbocycles. The molecule has 1 fully saturated rings. The molecule has 0 radical (unpaired) electrons. The predicted octanol–water partition coefficient (Wildman–Crippen LogP) is 2.56. The Bertz CT molecular complexity index is 903. The number of amides is 1. The number of aryl methyl sites for hydroxylation is 2. The van der Waals surface area contributed by atoms with E-state index in [1.165, 1.54) is 12.1 Å². The molecule has 162 valence electrons. The topological polar surface area (TPSA) is 52.0 Å². The fourth-order valence-electron chi connectivity index (χ4n) is 4.93. The number of piperazine rings is 1. The van der Waals surface area contributed by atoms with E-state index >= 15 is 0 Å². The van der Waals surface area contributed by atoms with Crippen LogP contribution in [0.4, 0.5) is 10.1 Å². The summed E-state index contributed by atoms with van der Waals surface area (Å²) in [5.41, 5.74) is 3.31. The zero-order chi connectivity index (χ0) is 21.4. The fraction of sp³-hybridized carbons (Fsp3) is 0.522. The van der Waals surface area contributed by atoms with Crippen molar-refractivity contribution >= 4 is 11.6 Å². The van der Waals surface area contributed by atoms with Gasteiger partial charge in [-0.15, -0.1) is 0 Å². The zero-order valence-corrected chi connectivity index (χ0v) is 18.0. The van der Waals surface area contributed by atoms with E-state index in [0.717, 1.165) is 49.5 Å². The fourth-order valence-corrected chi connectivity index (χ4v) is 4.93. The van der Waals surface area contributed by atoms with Crippen molar-refractivity contribution in [2.45, 2.75) is 32.4 Å². The van der Waals surface area contributed by atoms with Crippen LogP contribution in [0.25, 0.3) is 0 Å². The maximum Gasteiger partial charge on any atom is 0.256 e. The molecule has 2 atom stereocenters. The summed E-state index contributed by atoms with van der Waals surface area (Å²) in [4.78, 5) is 19.7. The van der Waals surface area contributed by atoms with Crippen molar-refractivity contribution in [2.75, 3.05) is 44.2 Å². The number of carbonyl (C=O) groups excluding carboxylic acids is 1. The standard InChI is InChI=1S/C23H31FN4O2/c1-4-9-28-15-19(22(29)21-20(23(28)30)16(2)14-25(21)3)27-12-10-26(11-13-27)18-7-5-17(24)6-8-18/h5-8,14,19,22,29H,4,9-13,15H2,1-3H3. The number of hydrogen-bond acceptors (Lipinski definition) is 4. The molecule has 3 heterocycles. The third-order valence-electron chi connectivity index (χ3n) is 6.44. The zero-order valence-electron chi connectivity index (χ0n) is 18.0. The lowest BCUT2D eigenvalue weighted by Crippen LogP contribution is -2.55. The lowest BCUT2D eigenvalue weighted by Gasteiger charge is -2.42. The van der Waals surface area contributed by atoms with E-state index in [1.54, 1.807) is 0 Å². The van der Waals surface area contributed by atoms with Crippen molar-refractivity contribution in [1.82, 2.24) is 14.4 Å². The second-order valence-electron chi connectivity index (χ2n) is 8.45. The van der Waals surface area contributed by atoms with Crippen LogP contribution in [0.3, 0.4) is 0 Å². The van der Waals surface area contributed by atoms with Gasteiger partial charge in [0.15, 0.2) is 0 Å². The molecular formula is C23H31FN4O2. The van der Waals surface area contributed by atoms with E-state index < -0.39 is 6.10 Å². The van der Waals surface area contributed by atoms with Crippen LogP contribution in [0.2, 0.25) is 0 Å². The summed E-state index contributed by atoms with van der Waals surface area (Å²) in [6, 6.07) is 6.46. The molecule has 7 heteroatoms. The van der Waals surface area contributed by atoms with Gasteiger partial charge in [0.05, 0.1) is 17.3 Å². The minimum Gasteiger partial charge on any atom is -0.385 e. The Kier molecular flexibility index (Phi) is 5.84. The maximum atomic E-state index is 13.2. The first-order chi connectivity index (χ1) is 14.4. The number of anilines is 1. The number of rotatable bonds is 4. The molecule has 1 saturated heterocycles. The maximum absolute atomic E-state index is 13.2. The van der Waals surface area contributed by atoms with E-state index in [0.29, 0.717) is 18.7 Å². The Morgan fingerprint density at radius 3 is 2.43 bits per heavy atom. The molecule has 1 amide bonds. The van der Waals surface area contributed by atoms with Crippen LogP contribution in [0.5, 0.6) is 0 Å². The molecule has 30 heavy (non-hydrogen) atoms. The highest BCUT2D eigenvalue weighted by Gasteiger charge is 2.40. The highest BCUT2D eigenvalue weighted by molar-refractivity contribution is 5.97. The van der Waals surface area contributed by atoms with Crippen LogP contribution in [0.1, 0.15) is 41.1 Å². The van der Waals surface area contributed by atoms with Crippen LogP contribution in [0.15, 0.2) is 30.5 Å². The molecule has 6 nitrogen and oxygen atoms in total. The molecule has 0 bridgehead atoms. The van der Waals surface area contributed by atoms with Crippen LogP contribution >= 0.6 is 0 Å². The number of aliphatic hydroxyl groups excluding tert-OH is 1. The van der Waals surface area contributed by atoms with E-state index in [4.69, 9.17) is 0 Å². The largest absolute Gasteiger partial charge is 0.385 e. The molecule has 2 aliphatic rings. The highest BCUT2D eigenvalue weighted by Crippen LogP contribution is 2.33. The molecular weight excluding hydrogens is 383 g/mol. The quantitative estimate of drug-likeness (QED) is 0.836. The SMILES string of the molecule is CCCN1CC(N2CCN(c3ccc(F)cc3)CC2)C(O)c2c(c(C)cn2C)C1=O. The van der Waals surface area contributed by atoms with Crippen molar-refractivity contribution in [2.24, 2.45) is 7.05 Å². The van der Waals surface area contributed by atoms with Crippen LogP contribution in [0, 0.1) is 12.7 Å². The van der Waals surface area contributed by atoms with E-state index in [2.05, 4.69) is 16.7 Å². The first kappa shape index (κ1) is 20.9. The van der Waals surface area contributed by atoms with Gasteiger partial charge in [0.2, 0.25) is 0 Å². The summed E-state index contributed by atoms with van der Waals surface area (Å²) in [5.74, 6) is -0.204. The monoisotopic (exact) mass is 414 g/mol. The number of carbonyl (C=O) groups is 1. The summed E-state index contributed by atoms with van der Waals surface area (Å²) in [6.45, 7) is 8.40. The van der Waals surface area contributed by atoms with Crippen molar-refractivity contribution in [3.05, 3.63) is 53.1 Å². The number of benzene rings is 1. The minimum atomic E-state index is -0.720. The molecule has 2 unspecified atom stereocenters. The van der Waals surface area contributed by atoms with Gasteiger partial charge in [0.25, 0.3) is 5.91 Å². The average Bonchev–Trinajstić information content (AvgIpc) is 2.98. The summed E-state index contributed by atoms with van der Waals surface area (Å²) in [7, 11) is 1.90. The second-order valence-corrected chi connectivity index (χ2v) is 8.45. The van der Waals surface area contributed by atoms with Crippen LogP contribution in [-0.2, 0) is 7.05 Å². The average molecular weight is 415 g/mol. The third kappa shape index (κ3) is 3.72. The van der Waals surface area contributed by atoms with Gasteiger partial charge in [-0.05, 0) is 43.2 Å². The minimum absolute atomic E-state index is 0.0245. The number of aromatic nitrogens is 1. The van der Waals surface area contributed by atoms with Crippen LogP contribution < -0.4 is 4.90 Å². The molecule has 4 rings (SSSR count). The molecule has 2 aromatic rings. The Morgan fingerprint density at radius 1 is 1.13 bits per heavy atom. The molecule has 1 aromatic heterocycles. The summed E-state index contributed by atoms with van der Waals surface area (Å²) >= 11 is 0. The van der Waals surface area contributed by atoms with Crippen molar-refractivity contribution < 1.29 is 14.3 Å². The van der Waals surface area contributed by atoms with Gasteiger partial charge in [-0.3, -0.25) is 9.69 Å². The summed E-state index contributed by atoms with van der Waals surface area (Å²) in [6.07, 6.45) is 2.10. The molecule has 1 aromatic carbocycles. The second kappa shape index (κ2) is 8.40. The van der Waals surface area contributed by atoms with Crippen molar-refractivity contribution in [3.63, 3.8) is 0 Å². The molecule has 2 aliphatic heterocycles. The lowest BCUT2D eigenvalue weighted by atomic mass is 10.0. The number of aliphatic hydroxyl groups is 1. The van der Waals surface area contributed by atoms with E-state index in [9.17, 15) is 14.3 Å². The first-order valence-electron chi connectivity index (χ1n) is 10.8. The number of hydrogen-bond donors (Lipinski definition) is 1. The smallest absolute Gasteiger partial charge is 0.256 e. The molecule has 0 spiro atoms. The highest BCUT2D eigenvalue weighted by atomic mass is 19.1. The number of fused-ring (bicyclic) bond motifs is 1. The normalized spacial score (nSPS) is 22.9. The van der Waals surface area contributed by atoms with Gasteiger partial charge >= 0.3 is 0 Å². The molecule has 0 aliphatic carbocycles. The first-order valence-corrected chi connectivity index (χ1v) is 10.8.